The highest BCUT2D eigenvalue weighted by atomic mass is 32.2. The topological polar surface area (TPSA) is 92.5 Å². The predicted octanol–water partition coefficient (Wildman–Crippen LogP) is 4.06. The number of sulfonamides is 1. The van der Waals surface area contributed by atoms with Crippen LogP contribution >= 0.6 is 11.3 Å². The van der Waals surface area contributed by atoms with E-state index in [0.717, 1.165) is 30.6 Å². The molecule has 3 heterocycles. The van der Waals surface area contributed by atoms with Crippen LogP contribution in [0.1, 0.15) is 61.3 Å². The Kier molecular flexibility index (Phi) is 6.93. The van der Waals surface area contributed by atoms with Crippen LogP contribution in [0, 0.1) is 12.8 Å². The molecule has 2 aliphatic rings. The summed E-state index contributed by atoms with van der Waals surface area (Å²) in [6.07, 6.45) is 10.4. The van der Waals surface area contributed by atoms with Gasteiger partial charge >= 0.3 is 0 Å². The molecule has 1 atom stereocenters. The first-order valence-corrected chi connectivity index (χ1v) is 13.3. The number of aromatic nitrogens is 1. The van der Waals surface area contributed by atoms with E-state index in [0.29, 0.717) is 25.1 Å². The number of piperidine rings is 1. The fourth-order valence-corrected chi connectivity index (χ4v) is 6.80. The van der Waals surface area contributed by atoms with Crippen molar-refractivity contribution in [2.45, 2.75) is 62.8 Å². The fraction of sp³-hybridized carbons (Fsp3) is 0.545. The van der Waals surface area contributed by atoms with Crippen molar-refractivity contribution in [3.05, 3.63) is 33.8 Å². The number of hydrogen-bond donors (Lipinski definition) is 1. The lowest BCUT2D eigenvalue weighted by Gasteiger charge is -2.32. The Balaban J connectivity index is 1.49. The summed E-state index contributed by atoms with van der Waals surface area (Å²) in [4.78, 5) is 13.9. The van der Waals surface area contributed by atoms with Crippen LogP contribution in [-0.4, -0.2) is 42.9 Å². The summed E-state index contributed by atoms with van der Waals surface area (Å²) >= 11 is 1.55. The summed E-state index contributed by atoms with van der Waals surface area (Å²) in [5, 5.41) is 9.01. The maximum atomic E-state index is 13.5. The van der Waals surface area contributed by atoms with Crippen LogP contribution in [0.15, 0.2) is 26.9 Å². The molecule has 0 unspecified atom stereocenters. The molecule has 0 bridgehead atoms. The van der Waals surface area contributed by atoms with Crippen LogP contribution in [0.4, 0.5) is 0 Å². The van der Waals surface area contributed by atoms with Gasteiger partial charge in [0.1, 0.15) is 5.69 Å². The highest BCUT2D eigenvalue weighted by Gasteiger charge is 2.37. The second-order valence-corrected chi connectivity index (χ2v) is 11.2. The zero-order valence-electron chi connectivity index (χ0n) is 17.7. The Bertz CT molecular complexity index is 1020. The van der Waals surface area contributed by atoms with Gasteiger partial charge in [-0.2, -0.15) is 4.31 Å². The first-order chi connectivity index (χ1) is 14.9. The quantitative estimate of drug-likeness (QED) is 0.697. The molecule has 0 aromatic carbocycles. The van der Waals surface area contributed by atoms with Crippen LogP contribution < -0.4 is 5.32 Å². The van der Waals surface area contributed by atoms with Gasteiger partial charge in [0.25, 0.3) is 0 Å². The minimum atomic E-state index is -3.82. The minimum Gasteiger partial charge on any atom is -0.355 e. The summed E-state index contributed by atoms with van der Waals surface area (Å²) in [5.41, 5.74) is 0.333. The van der Waals surface area contributed by atoms with Gasteiger partial charge in [-0.3, -0.25) is 4.79 Å². The number of nitrogens with one attached hydrogen (secondary N) is 1. The van der Waals surface area contributed by atoms with Crippen molar-refractivity contribution in [2.75, 3.05) is 13.1 Å². The number of rotatable bonds is 6. The Morgan fingerprint density at radius 1 is 1.23 bits per heavy atom. The standard InChI is InChI=1S/C22H29N3O4S2/c1-16-21(20(29-24-16)12-11-19-10-6-14-30-19)31(27,28)25-13-5-7-17(15-25)22(26)23-18-8-3-2-4-9-18/h6,10-12,14,17-18H,2-5,7-9,13,15H2,1H3,(H,23,26)/b12-11+/t17-/m0/s1. The molecule has 1 aliphatic heterocycles. The molecular weight excluding hydrogens is 434 g/mol. The van der Waals surface area contributed by atoms with E-state index in [9.17, 15) is 13.2 Å². The molecule has 1 N–H and O–H groups in total. The smallest absolute Gasteiger partial charge is 0.248 e. The molecule has 1 saturated carbocycles. The highest BCUT2D eigenvalue weighted by Crippen LogP contribution is 2.30. The first kappa shape index (κ1) is 22.2. The molecule has 2 fully saturated rings. The van der Waals surface area contributed by atoms with Crippen molar-refractivity contribution >= 4 is 39.4 Å². The predicted molar refractivity (Wildman–Crippen MR) is 121 cm³/mol. The first-order valence-electron chi connectivity index (χ1n) is 10.9. The Morgan fingerprint density at radius 2 is 2.03 bits per heavy atom. The van der Waals surface area contributed by atoms with E-state index >= 15 is 0 Å². The van der Waals surface area contributed by atoms with Crippen LogP contribution in [-0.2, 0) is 14.8 Å². The summed E-state index contributed by atoms with van der Waals surface area (Å²) in [7, 11) is -3.82. The van der Waals surface area contributed by atoms with Gasteiger partial charge in [0, 0.05) is 24.0 Å². The zero-order chi connectivity index (χ0) is 21.8. The normalized spacial score (nSPS) is 21.5. The molecule has 31 heavy (non-hydrogen) atoms. The molecule has 4 rings (SSSR count). The Hall–Kier alpha value is -1.97. The van der Waals surface area contributed by atoms with Gasteiger partial charge in [0.05, 0.1) is 5.92 Å². The highest BCUT2D eigenvalue weighted by molar-refractivity contribution is 7.89. The van der Waals surface area contributed by atoms with Crippen molar-refractivity contribution in [3.8, 4) is 0 Å². The molecule has 1 aliphatic carbocycles. The molecule has 1 amide bonds. The third-order valence-electron chi connectivity index (χ3n) is 6.08. The number of hydrogen-bond acceptors (Lipinski definition) is 6. The molecule has 168 valence electrons. The number of amides is 1. The van der Waals surface area contributed by atoms with Crippen LogP contribution in [0.25, 0.3) is 12.2 Å². The second-order valence-electron chi connectivity index (χ2n) is 8.36. The average molecular weight is 464 g/mol. The lowest BCUT2D eigenvalue weighted by Crippen LogP contribution is -2.48. The summed E-state index contributed by atoms with van der Waals surface area (Å²) in [6.45, 7) is 2.23. The van der Waals surface area contributed by atoms with E-state index in [-0.39, 0.29) is 35.1 Å². The SMILES string of the molecule is Cc1noc(/C=C/c2cccs2)c1S(=O)(=O)N1CCC[C@H](C(=O)NC2CCCCC2)C1. The second kappa shape index (κ2) is 9.67. The van der Waals surface area contributed by atoms with E-state index < -0.39 is 10.0 Å². The summed E-state index contributed by atoms with van der Waals surface area (Å²) < 4.78 is 33.7. The average Bonchev–Trinajstić information content (AvgIpc) is 3.42. The van der Waals surface area contributed by atoms with Gasteiger partial charge in [0.15, 0.2) is 10.7 Å². The Morgan fingerprint density at radius 3 is 2.77 bits per heavy atom. The molecule has 9 heteroatoms. The van der Waals surface area contributed by atoms with Crippen molar-refractivity contribution in [3.63, 3.8) is 0 Å². The third-order valence-corrected chi connectivity index (χ3v) is 8.94. The molecule has 2 aromatic rings. The Labute approximate surface area is 187 Å². The van der Waals surface area contributed by atoms with Gasteiger partial charge in [0.2, 0.25) is 15.9 Å². The molecule has 0 radical (unpaired) electrons. The molecular formula is C22H29N3O4S2. The van der Waals surface area contributed by atoms with E-state index in [1.54, 1.807) is 24.3 Å². The number of thiophene rings is 1. The minimum absolute atomic E-state index is 0.0216. The molecule has 0 spiro atoms. The van der Waals surface area contributed by atoms with Crippen molar-refractivity contribution in [1.82, 2.24) is 14.8 Å². The van der Waals surface area contributed by atoms with Gasteiger partial charge < -0.3 is 9.84 Å². The lowest BCUT2D eigenvalue weighted by atomic mass is 9.93. The van der Waals surface area contributed by atoms with E-state index in [2.05, 4.69) is 10.5 Å². The monoisotopic (exact) mass is 463 g/mol. The summed E-state index contributed by atoms with van der Waals surface area (Å²) in [6, 6.07) is 4.10. The molecule has 2 aromatic heterocycles. The van der Waals surface area contributed by atoms with E-state index in [1.165, 1.54) is 10.7 Å². The zero-order valence-corrected chi connectivity index (χ0v) is 19.4. The van der Waals surface area contributed by atoms with Crippen molar-refractivity contribution < 1.29 is 17.7 Å². The van der Waals surface area contributed by atoms with Crippen molar-refractivity contribution in [2.24, 2.45) is 5.92 Å². The van der Waals surface area contributed by atoms with Crippen LogP contribution in [0.5, 0.6) is 0 Å². The van der Waals surface area contributed by atoms with Crippen LogP contribution in [0.3, 0.4) is 0 Å². The van der Waals surface area contributed by atoms with E-state index in [4.69, 9.17) is 4.52 Å². The largest absolute Gasteiger partial charge is 0.355 e. The van der Waals surface area contributed by atoms with Gasteiger partial charge in [-0.25, -0.2) is 8.42 Å². The van der Waals surface area contributed by atoms with Gasteiger partial charge in [-0.1, -0.05) is 30.5 Å². The molecule has 7 nitrogen and oxygen atoms in total. The van der Waals surface area contributed by atoms with E-state index in [1.807, 2.05) is 23.6 Å². The van der Waals surface area contributed by atoms with Crippen LogP contribution in [0.2, 0.25) is 0 Å². The third kappa shape index (κ3) is 5.10. The lowest BCUT2D eigenvalue weighted by molar-refractivity contribution is -0.127. The van der Waals surface area contributed by atoms with Gasteiger partial charge in [-0.05, 0) is 56.2 Å². The number of aryl methyl sites for hydroxylation is 1. The number of carbonyl (C=O) groups is 1. The maximum absolute atomic E-state index is 13.5. The fourth-order valence-electron chi connectivity index (χ4n) is 4.41. The molecule has 1 saturated heterocycles. The van der Waals surface area contributed by atoms with Gasteiger partial charge in [-0.15, -0.1) is 11.3 Å². The number of carbonyl (C=O) groups excluding carboxylic acids is 1. The van der Waals surface area contributed by atoms with Crippen molar-refractivity contribution in [1.29, 1.82) is 0 Å². The number of nitrogens with zero attached hydrogens (tertiary/aromatic N) is 2. The summed E-state index contributed by atoms with van der Waals surface area (Å²) in [5.74, 6) is -0.123. The maximum Gasteiger partial charge on any atom is 0.248 e.